The van der Waals surface area contributed by atoms with Crippen LogP contribution in [0.2, 0.25) is 10.0 Å². The number of anilines is 1. The lowest BCUT2D eigenvalue weighted by molar-refractivity contribution is 0.0746. The molecule has 5 rings (SSSR count). The molecule has 1 aliphatic rings. The van der Waals surface area contributed by atoms with Gasteiger partial charge in [-0.2, -0.15) is 0 Å². The second kappa shape index (κ2) is 10.1. The summed E-state index contributed by atoms with van der Waals surface area (Å²) in [4.78, 5) is 33.8. The summed E-state index contributed by atoms with van der Waals surface area (Å²) in [7, 11) is 0. The average Bonchev–Trinajstić information content (AvgIpc) is 2.89. The van der Waals surface area contributed by atoms with E-state index in [2.05, 4.69) is 15.0 Å². The number of benzene rings is 1. The van der Waals surface area contributed by atoms with Crippen molar-refractivity contribution in [3.05, 3.63) is 88.6 Å². The van der Waals surface area contributed by atoms with Crippen LogP contribution in [-0.4, -0.2) is 56.9 Å². The molecule has 0 unspecified atom stereocenters. The molecule has 1 amide bonds. The number of hydrogen-bond donors (Lipinski definition) is 0. The first kappa shape index (κ1) is 24.0. The van der Waals surface area contributed by atoms with E-state index in [1.807, 2.05) is 4.90 Å². The van der Waals surface area contributed by atoms with Crippen LogP contribution in [-0.2, 0) is 0 Å². The van der Waals surface area contributed by atoms with Gasteiger partial charge >= 0.3 is 0 Å². The van der Waals surface area contributed by atoms with Crippen molar-refractivity contribution in [2.75, 3.05) is 31.1 Å². The molecule has 0 bridgehead atoms. The zero-order valence-corrected chi connectivity index (χ0v) is 20.2. The van der Waals surface area contributed by atoms with Crippen molar-refractivity contribution >= 4 is 34.9 Å². The molecule has 36 heavy (non-hydrogen) atoms. The predicted molar refractivity (Wildman–Crippen MR) is 133 cm³/mol. The normalized spacial score (nSPS) is 13.7. The number of rotatable bonds is 4. The minimum atomic E-state index is -0.759. The first-order valence-electron chi connectivity index (χ1n) is 11.0. The number of carbonyl (C=O) groups is 1. The maximum Gasteiger partial charge on any atom is 0.255 e. The van der Waals surface area contributed by atoms with Crippen LogP contribution in [0, 0.1) is 11.6 Å². The van der Waals surface area contributed by atoms with Crippen molar-refractivity contribution in [2.45, 2.75) is 0 Å². The van der Waals surface area contributed by atoms with Crippen LogP contribution in [0.4, 0.5) is 14.6 Å². The molecule has 1 saturated heterocycles. The SMILES string of the molecule is O=C(c1ccncc1Cl)N1CCN(c2cnc(-c3ccc(F)cc3F)c(-c3ccncc3Cl)n2)CC1. The molecule has 0 aliphatic carbocycles. The molecule has 0 spiro atoms. The topological polar surface area (TPSA) is 75.1 Å². The van der Waals surface area contributed by atoms with Gasteiger partial charge in [0.05, 0.1) is 27.5 Å². The molecule has 1 aliphatic heterocycles. The molecule has 11 heteroatoms. The summed E-state index contributed by atoms with van der Waals surface area (Å²) >= 11 is 12.5. The number of piperazine rings is 1. The molecule has 4 heterocycles. The van der Waals surface area contributed by atoms with Crippen molar-refractivity contribution in [3.8, 4) is 22.5 Å². The van der Waals surface area contributed by atoms with Crippen LogP contribution in [0.1, 0.15) is 10.4 Å². The summed E-state index contributed by atoms with van der Waals surface area (Å²) in [5.41, 5.74) is 1.59. The average molecular weight is 527 g/mol. The fourth-order valence-corrected chi connectivity index (χ4v) is 4.43. The maximum absolute atomic E-state index is 14.7. The number of nitrogens with zero attached hydrogens (tertiary/aromatic N) is 6. The first-order valence-corrected chi connectivity index (χ1v) is 11.7. The Balaban J connectivity index is 1.45. The smallest absolute Gasteiger partial charge is 0.255 e. The summed E-state index contributed by atoms with van der Waals surface area (Å²) in [5.74, 6) is -1.08. The lowest BCUT2D eigenvalue weighted by Gasteiger charge is -2.35. The highest BCUT2D eigenvalue weighted by Gasteiger charge is 2.26. The van der Waals surface area contributed by atoms with Crippen LogP contribution in [0.5, 0.6) is 0 Å². The van der Waals surface area contributed by atoms with Crippen molar-refractivity contribution < 1.29 is 13.6 Å². The van der Waals surface area contributed by atoms with E-state index >= 15 is 0 Å². The Bertz CT molecular complexity index is 1450. The number of carbonyl (C=O) groups excluding carboxylic acids is 1. The van der Waals surface area contributed by atoms with Crippen LogP contribution >= 0.6 is 23.2 Å². The van der Waals surface area contributed by atoms with E-state index in [1.165, 1.54) is 30.9 Å². The summed E-state index contributed by atoms with van der Waals surface area (Å²) in [6.45, 7) is 1.88. The lowest BCUT2D eigenvalue weighted by Crippen LogP contribution is -2.49. The minimum absolute atomic E-state index is 0.1000. The minimum Gasteiger partial charge on any atom is -0.352 e. The molecule has 182 valence electrons. The summed E-state index contributed by atoms with van der Waals surface area (Å²) < 4.78 is 28.2. The molecule has 7 nitrogen and oxygen atoms in total. The molecular formula is C25H18Cl2F2N6O. The van der Waals surface area contributed by atoms with Crippen LogP contribution < -0.4 is 4.90 Å². The highest BCUT2D eigenvalue weighted by atomic mass is 35.5. The Morgan fingerprint density at radius 2 is 1.56 bits per heavy atom. The number of halogens is 4. The molecule has 0 saturated carbocycles. The van der Waals surface area contributed by atoms with E-state index in [1.54, 1.807) is 23.2 Å². The Morgan fingerprint density at radius 1 is 0.833 bits per heavy atom. The lowest BCUT2D eigenvalue weighted by atomic mass is 10.0. The second-order valence-corrected chi connectivity index (χ2v) is 8.85. The Morgan fingerprint density at radius 3 is 2.25 bits per heavy atom. The molecule has 4 aromatic rings. The van der Waals surface area contributed by atoms with Crippen LogP contribution in [0.25, 0.3) is 22.5 Å². The molecule has 1 fully saturated rings. The molecule has 0 atom stereocenters. The van der Waals surface area contributed by atoms with E-state index < -0.39 is 11.6 Å². The number of aromatic nitrogens is 4. The molecule has 0 N–H and O–H groups in total. The first-order chi connectivity index (χ1) is 17.4. The summed E-state index contributed by atoms with van der Waals surface area (Å²) in [5, 5.41) is 0.621. The fourth-order valence-electron chi connectivity index (χ4n) is 4.02. The predicted octanol–water partition coefficient (Wildman–Crippen LogP) is 5.15. The standard InChI is InChI=1S/C25H18Cl2F2N6O/c26-19-12-30-5-3-16(19)24-23(18-2-1-15(28)11-21(18)29)32-14-22(33-24)34-7-9-35(10-8-34)25(36)17-4-6-31-13-20(17)27/h1-6,11-14H,7-10H2. The summed E-state index contributed by atoms with van der Waals surface area (Å²) in [6.07, 6.45) is 7.52. The van der Waals surface area contributed by atoms with Crippen molar-refractivity contribution in [1.82, 2.24) is 24.8 Å². The molecule has 3 aromatic heterocycles. The van der Waals surface area contributed by atoms with Crippen LogP contribution in [0.15, 0.2) is 61.3 Å². The third-order valence-electron chi connectivity index (χ3n) is 5.87. The second-order valence-electron chi connectivity index (χ2n) is 8.04. The number of hydrogen-bond acceptors (Lipinski definition) is 6. The van der Waals surface area contributed by atoms with Gasteiger partial charge in [0, 0.05) is 68.2 Å². The Hall–Kier alpha value is -3.69. The maximum atomic E-state index is 14.7. The van der Waals surface area contributed by atoms with Gasteiger partial charge in [0.15, 0.2) is 0 Å². The van der Waals surface area contributed by atoms with Gasteiger partial charge in [-0.05, 0) is 24.3 Å². The van der Waals surface area contributed by atoms with Crippen LogP contribution in [0.3, 0.4) is 0 Å². The number of amides is 1. The van der Waals surface area contributed by atoms with E-state index in [9.17, 15) is 13.6 Å². The van der Waals surface area contributed by atoms with Gasteiger partial charge in [0.2, 0.25) is 0 Å². The third kappa shape index (κ3) is 4.72. The Kier molecular flexibility index (Phi) is 6.75. The van der Waals surface area contributed by atoms with E-state index in [0.29, 0.717) is 58.9 Å². The largest absolute Gasteiger partial charge is 0.352 e. The van der Waals surface area contributed by atoms with Crippen molar-refractivity contribution in [3.63, 3.8) is 0 Å². The molecular weight excluding hydrogens is 509 g/mol. The van der Waals surface area contributed by atoms with Gasteiger partial charge in [-0.1, -0.05) is 23.2 Å². The van der Waals surface area contributed by atoms with Gasteiger partial charge in [-0.25, -0.2) is 18.7 Å². The zero-order valence-electron chi connectivity index (χ0n) is 18.7. The molecule has 0 radical (unpaired) electrons. The third-order valence-corrected chi connectivity index (χ3v) is 6.47. The van der Waals surface area contributed by atoms with E-state index in [4.69, 9.17) is 28.2 Å². The monoisotopic (exact) mass is 526 g/mol. The number of pyridine rings is 2. The highest BCUT2D eigenvalue weighted by Crippen LogP contribution is 2.35. The highest BCUT2D eigenvalue weighted by molar-refractivity contribution is 6.33. The van der Waals surface area contributed by atoms with Gasteiger partial charge < -0.3 is 9.80 Å². The van der Waals surface area contributed by atoms with Gasteiger partial charge in [0.1, 0.15) is 23.1 Å². The van der Waals surface area contributed by atoms with Crippen molar-refractivity contribution in [1.29, 1.82) is 0 Å². The van der Waals surface area contributed by atoms with Gasteiger partial charge in [0.25, 0.3) is 5.91 Å². The molecule has 1 aromatic carbocycles. The van der Waals surface area contributed by atoms with Crippen molar-refractivity contribution in [2.24, 2.45) is 0 Å². The fraction of sp³-hybridized carbons (Fsp3) is 0.160. The van der Waals surface area contributed by atoms with E-state index in [-0.39, 0.29) is 17.2 Å². The van der Waals surface area contributed by atoms with Gasteiger partial charge in [-0.15, -0.1) is 0 Å². The summed E-state index contributed by atoms with van der Waals surface area (Å²) in [6, 6.07) is 6.55. The quantitative estimate of drug-likeness (QED) is 0.366. The zero-order chi connectivity index (χ0) is 25.2. The Labute approximate surface area is 215 Å². The van der Waals surface area contributed by atoms with E-state index in [0.717, 1.165) is 12.1 Å². The van der Waals surface area contributed by atoms with Gasteiger partial charge in [-0.3, -0.25) is 14.8 Å².